The van der Waals surface area contributed by atoms with Gasteiger partial charge in [-0.1, -0.05) is 6.92 Å². The Labute approximate surface area is 116 Å². The molecule has 1 fully saturated rings. The van der Waals surface area contributed by atoms with Crippen molar-refractivity contribution in [3.8, 4) is 0 Å². The summed E-state index contributed by atoms with van der Waals surface area (Å²) in [6, 6.07) is -0.480. The highest BCUT2D eigenvalue weighted by Gasteiger charge is 2.50. The van der Waals surface area contributed by atoms with Crippen LogP contribution in [0.2, 0.25) is 0 Å². The number of Topliss-reactive ketones (excluding diaryl/α,β-unsaturated/α-hetero) is 1. The molecule has 1 heterocycles. The second-order valence-electron chi connectivity index (χ2n) is 4.59. The van der Waals surface area contributed by atoms with Gasteiger partial charge in [0.1, 0.15) is 0 Å². The minimum absolute atomic E-state index is 0.218. The van der Waals surface area contributed by atoms with Gasteiger partial charge in [-0.15, -0.1) is 0 Å². The second kappa shape index (κ2) is 6.40. The molecule has 0 radical (unpaired) electrons. The van der Waals surface area contributed by atoms with Crippen molar-refractivity contribution >= 4 is 23.4 Å². The molecule has 0 bridgehead atoms. The third kappa shape index (κ3) is 2.76. The number of esters is 1. The molecule has 1 amide bonds. The summed E-state index contributed by atoms with van der Waals surface area (Å²) in [7, 11) is 2.54. The molecular weight excluding hydrogens is 266 g/mol. The van der Waals surface area contributed by atoms with Gasteiger partial charge in [0.25, 0.3) is 5.78 Å². The number of ether oxygens (including phenoxy) is 2. The van der Waals surface area contributed by atoms with E-state index in [2.05, 4.69) is 14.8 Å². The van der Waals surface area contributed by atoms with Crippen LogP contribution in [0.4, 0.5) is 0 Å². The van der Waals surface area contributed by atoms with Gasteiger partial charge in [-0.2, -0.15) is 4.79 Å². The summed E-state index contributed by atoms with van der Waals surface area (Å²) in [6.07, 6.45) is -0.364. The molecule has 0 aromatic heterocycles. The molecule has 4 unspecified atom stereocenters. The summed E-state index contributed by atoms with van der Waals surface area (Å²) in [5, 5.41) is 2.60. The highest BCUT2D eigenvalue weighted by Crippen LogP contribution is 2.27. The minimum Gasteiger partial charge on any atom is -0.460 e. The third-order valence-electron chi connectivity index (χ3n) is 3.54. The van der Waals surface area contributed by atoms with Gasteiger partial charge in [-0.05, 0) is 6.92 Å². The molecule has 1 N–H and O–H groups in total. The first-order chi connectivity index (χ1) is 9.38. The number of nitrogens with one attached hydrogen (secondary N) is 1. The maximum Gasteiger partial charge on any atom is 0.441 e. The molecule has 1 saturated heterocycles. The van der Waals surface area contributed by atoms with Gasteiger partial charge in [0.15, 0.2) is 0 Å². The third-order valence-corrected chi connectivity index (χ3v) is 3.54. The first kappa shape index (κ1) is 16.0. The summed E-state index contributed by atoms with van der Waals surface area (Å²) in [4.78, 5) is 37.6. The molecule has 0 saturated carbocycles. The Kier molecular flexibility index (Phi) is 5.12. The quantitative estimate of drug-likeness (QED) is 0.171. The Morgan fingerprint density at radius 1 is 1.35 bits per heavy atom. The van der Waals surface area contributed by atoms with E-state index in [0.29, 0.717) is 0 Å². The lowest BCUT2D eigenvalue weighted by molar-refractivity contribution is -0.146. The monoisotopic (exact) mass is 283 g/mol. The summed E-state index contributed by atoms with van der Waals surface area (Å²) < 4.78 is 9.46. The average Bonchev–Trinajstić information content (AvgIpc) is 2.43. The topological polar surface area (TPSA) is 118 Å². The van der Waals surface area contributed by atoms with Gasteiger partial charge in [0.05, 0.1) is 25.2 Å². The van der Waals surface area contributed by atoms with Gasteiger partial charge in [-0.25, -0.2) is 4.79 Å². The summed E-state index contributed by atoms with van der Waals surface area (Å²) in [5.74, 6) is -3.16. The zero-order valence-electron chi connectivity index (χ0n) is 11.7. The predicted molar refractivity (Wildman–Crippen MR) is 66.7 cm³/mol. The Bertz CT molecular complexity index is 483. The van der Waals surface area contributed by atoms with Crippen LogP contribution in [0, 0.1) is 11.8 Å². The van der Waals surface area contributed by atoms with E-state index in [1.165, 1.54) is 14.0 Å². The molecule has 0 aromatic rings. The Morgan fingerprint density at radius 3 is 2.35 bits per heavy atom. The number of methoxy groups -OCH3 is 2. The molecule has 20 heavy (non-hydrogen) atoms. The minimum atomic E-state index is -1.02. The number of nitrogens with zero attached hydrogens (tertiary/aromatic N) is 2. The fourth-order valence-corrected chi connectivity index (χ4v) is 2.17. The van der Waals surface area contributed by atoms with Crippen molar-refractivity contribution in [1.29, 1.82) is 0 Å². The number of amides is 1. The number of hydrogen-bond acceptors (Lipinski definition) is 5. The van der Waals surface area contributed by atoms with E-state index < -0.39 is 35.3 Å². The van der Waals surface area contributed by atoms with Crippen LogP contribution in [0.15, 0.2) is 0 Å². The molecule has 1 aliphatic heterocycles. The van der Waals surface area contributed by atoms with Crippen molar-refractivity contribution in [3.63, 3.8) is 0 Å². The van der Waals surface area contributed by atoms with Gasteiger partial charge < -0.3 is 20.3 Å². The van der Waals surface area contributed by atoms with E-state index in [1.807, 2.05) is 0 Å². The molecule has 1 aliphatic rings. The van der Waals surface area contributed by atoms with Crippen molar-refractivity contribution in [2.24, 2.45) is 11.8 Å². The molecule has 8 heteroatoms. The Balaban J connectivity index is 2.87. The number of β-lactam (4-membered cyclic amide) rings is 1. The van der Waals surface area contributed by atoms with Crippen molar-refractivity contribution < 1.29 is 28.6 Å². The summed E-state index contributed by atoms with van der Waals surface area (Å²) in [5.41, 5.74) is 8.06. The fraction of sp³-hybridized carbons (Fsp3) is 0.667. The van der Waals surface area contributed by atoms with Crippen LogP contribution < -0.4 is 5.32 Å². The Hall–Kier alpha value is -2.05. The van der Waals surface area contributed by atoms with Crippen LogP contribution in [0.25, 0.3) is 5.53 Å². The maximum atomic E-state index is 12.1. The van der Waals surface area contributed by atoms with E-state index >= 15 is 0 Å². The number of carbonyl (C=O) groups is 3. The van der Waals surface area contributed by atoms with E-state index in [4.69, 9.17) is 10.3 Å². The molecule has 110 valence electrons. The smallest absolute Gasteiger partial charge is 0.441 e. The van der Waals surface area contributed by atoms with Crippen molar-refractivity contribution in [2.45, 2.75) is 26.0 Å². The maximum absolute atomic E-state index is 12.1. The van der Waals surface area contributed by atoms with Crippen molar-refractivity contribution in [1.82, 2.24) is 5.32 Å². The van der Waals surface area contributed by atoms with Gasteiger partial charge in [-0.3, -0.25) is 9.59 Å². The van der Waals surface area contributed by atoms with Crippen LogP contribution in [0.1, 0.15) is 13.8 Å². The van der Waals surface area contributed by atoms with Gasteiger partial charge >= 0.3 is 11.7 Å². The average molecular weight is 283 g/mol. The van der Waals surface area contributed by atoms with E-state index in [-0.39, 0.29) is 12.0 Å². The normalized spacial score (nSPS) is 23.7. The van der Waals surface area contributed by atoms with E-state index in [1.54, 1.807) is 6.92 Å². The molecule has 8 nitrogen and oxygen atoms in total. The lowest BCUT2D eigenvalue weighted by Crippen LogP contribution is -2.66. The standard InChI is InChI=1S/C12H17N3O5/c1-5(10(16)9(15-13)12(18)20-4)8-7(6(2)19-3)11(17)14-8/h5-8H,1-4H3,(H,14,17). The first-order valence-electron chi connectivity index (χ1n) is 6.06. The lowest BCUT2D eigenvalue weighted by Gasteiger charge is -2.42. The van der Waals surface area contributed by atoms with E-state index in [0.717, 1.165) is 7.11 Å². The van der Waals surface area contributed by atoms with Crippen molar-refractivity contribution in [2.75, 3.05) is 14.2 Å². The predicted octanol–water partition coefficient (Wildman–Crippen LogP) is -0.815. The molecule has 1 rings (SSSR count). The number of carbonyl (C=O) groups excluding carboxylic acids is 3. The first-order valence-corrected chi connectivity index (χ1v) is 6.06. The SMILES string of the molecule is COC(=O)C(=[N+]=[N-])C(=O)C(C)C1NC(=O)C1C(C)OC. The van der Waals surface area contributed by atoms with Gasteiger partial charge in [0.2, 0.25) is 5.91 Å². The van der Waals surface area contributed by atoms with Crippen LogP contribution in [-0.4, -0.2) is 54.5 Å². The van der Waals surface area contributed by atoms with Crippen LogP contribution >= 0.6 is 0 Å². The highest BCUT2D eigenvalue weighted by atomic mass is 16.5. The largest absolute Gasteiger partial charge is 0.460 e. The number of rotatable bonds is 6. The van der Waals surface area contributed by atoms with Crippen LogP contribution in [0.5, 0.6) is 0 Å². The zero-order valence-corrected chi connectivity index (χ0v) is 11.7. The molecule has 0 aliphatic carbocycles. The summed E-state index contributed by atoms with van der Waals surface area (Å²) >= 11 is 0. The molecule has 0 spiro atoms. The zero-order chi connectivity index (χ0) is 15.4. The van der Waals surface area contributed by atoms with Gasteiger partial charge in [0, 0.05) is 13.0 Å². The van der Waals surface area contributed by atoms with Crippen molar-refractivity contribution in [3.05, 3.63) is 5.53 Å². The second-order valence-corrected chi connectivity index (χ2v) is 4.59. The van der Waals surface area contributed by atoms with Crippen LogP contribution in [-0.2, 0) is 23.9 Å². The Morgan fingerprint density at radius 2 is 1.95 bits per heavy atom. The fourth-order valence-electron chi connectivity index (χ4n) is 2.17. The lowest BCUT2D eigenvalue weighted by atomic mass is 9.76. The van der Waals surface area contributed by atoms with E-state index in [9.17, 15) is 14.4 Å². The molecule has 4 atom stereocenters. The summed E-state index contributed by atoms with van der Waals surface area (Å²) in [6.45, 7) is 3.25. The molecule has 0 aromatic carbocycles. The van der Waals surface area contributed by atoms with Crippen LogP contribution in [0.3, 0.4) is 0 Å². The number of hydrogen-bond donors (Lipinski definition) is 1. The highest BCUT2D eigenvalue weighted by molar-refractivity contribution is 6.62. The molecular formula is C12H17N3O5. The number of ketones is 1.